The highest BCUT2D eigenvalue weighted by molar-refractivity contribution is 7.16. The fraction of sp³-hybridized carbons (Fsp3) is 0.267. The van der Waals surface area contributed by atoms with E-state index in [-0.39, 0.29) is 17.0 Å². The van der Waals surface area contributed by atoms with E-state index in [1.54, 1.807) is 41.8 Å². The lowest BCUT2D eigenvalue weighted by molar-refractivity contribution is -0.384. The maximum Gasteiger partial charge on any atom is 0.270 e. The van der Waals surface area contributed by atoms with Crippen LogP contribution in [-0.2, 0) is 12.8 Å². The zero-order valence-corrected chi connectivity index (χ0v) is 22.4. The van der Waals surface area contributed by atoms with Gasteiger partial charge in [-0.15, -0.1) is 11.3 Å². The van der Waals surface area contributed by atoms with Crippen LogP contribution in [-0.4, -0.2) is 17.0 Å². The van der Waals surface area contributed by atoms with Gasteiger partial charge in [-0.3, -0.25) is 14.9 Å². The number of fused-ring (bicyclic) bond motifs is 1. The Balaban J connectivity index is 1.46. The van der Waals surface area contributed by atoms with Crippen LogP contribution < -0.4 is 5.32 Å². The van der Waals surface area contributed by atoms with Gasteiger partial charge >= 0.3 is 0 Å². The minimum Gasteiger partial charge on any atom is -0.455 e. The molecule has 2 heterocycles. The van der Waals surface area contributed by atoms with Crippen molar-refractivity contribution in [2.24, 2.45) is 16.3 Å². The Morgan fingerprint density at radius 3 is 2.66 bits per heavy atom. The smallest absolute Gasteiger partial charge is 0.270 e. The van der Waals surface area contributed by atoms with E-state index >= 15 is 0 Å². The van der Waals surface area contributed by atoms with Gasteiger partial charge in [0.05, 0.1) is 16.7 Å². The van der Waals surface area contributed by atoms with Crippen LogP contribution in [0.25, 0.3) is 11.3 Å². The molecule has 0 radical (unpaired) electrons. The first-order valence-corrected chi connectivity index (χ1v) is 13.4. The molecule has 2 aromatic heterocycles. The molecule has 0 aliphatic heterocycles. The number of furan rings is 1. The molecular formula is C30H29N3O4S. The van der Waals surface area contributed by atoms with Crippen LogP contribution in [0.4, 0.5) is 16.4 Å². The van der Waals surface area contributed by atoms with Crippen molar-refractivity contribution >= 4 is 39.8 Å². The van der Waals surface area contributed by atoms with Crippen LogP contribution in [0, 0.1) is 21.4 Å². The fourth-order valence-electron chi connectivity index (χ4n) is 4.82. The minimum absolute atomic E-state index is 0.000847. The lowest BCUT2D eigenvalue weighted by atomic mass is 9.72. The van der Waals surface area contributed by atoms with Crippen molar-refractivity contribution in [2.75, 3.05) is 5.32 Å². The van der Waals surface area contributed by atoms with Gasteiger partial charge < -0.3 is 9.73 Å². The van der Waals surface area contributed by atoms with E-state index in [9.17, 15) is 14.9 Å². The third kappa shape index (κ3) is 5.45. The highest BCUT2D eigenvalue weighted by Gasteiger charge is 2.33. The lowest BCUT2D eigenvalue weighted by Gasteiger charge is -2.33. The van der Waals surface area contributed by atoms with Crippen molar-refractivity contribution in [1.82, 2.24) is 0 Å². The molecule has 0 fully saturated rings. The number of carbonyl (C=O) groups is 1. The summed E-state index contributed by atoms with van der Waals surface area (Å²) in [6.07, 6.45) is 4.42. The van der Waals surface area contributed by atoms with Gasteiger partial charge in [0.2, 0.25) is 0 Å². The lowest BCUT2D eigenvalue weighted by Crippen LogP contribution is -2.27. The van der Waals surface area contributed by atoms with Crippen molar-refractivity contribution in [3.63, 3.8) is 0 Å². The summed E-state index contributed by atoms with van der Waals surface area (Å²) in [5.74, 6) is 1.39. The molecule has 8 heteroatoms. The van der Waals surface area contributed by atoms with Gasteiger partial charge in [0.1, 0.15) is 16.5 Å². The van der Waals surface area contributed by atoms with E-state index in [1.165, 1.54) is 17.0 Å². The molecule has 4 aromatic rings. The van der Waals surface area contributed by atoms with Gasteiger partial charge in [-0.25, -0.2) is 4.99 Å². The van der Waals surface area contributed by atoms with E-state index in [1.807, 2.05) is 30.3 Å². The Morgan fingerprint density at radius 2 is 1.92 bits per heavy atom. The number of anilines is 1. The van der Waals surface area contributed by atoms with Crippen LogP contribution in [0.5, 0.6) is 0 Å². The fourth-order valence-corrected chi connectivity index (χ4v) is 6.09. The van der Waals surface area contributed by atoms with Gasteiger partial charge in [-0.2, -0.15) is 0 Å². The number of hydrogen-bond acceptors (Lipinski definition) is 6. The molecule has 0 bridgehead atoms. The Kier molecular flexibility index (Phi) is 6.99. The number of nitrogens with zero attached hydrogens (tertiary/aromatic N) is 2. The first kappa shape index (κ1) is 25.6. The predicted molar refractivity (Wildman–Crippen MR) is 152 cm³/mol. The van der Waals surface area contributed by atoms with Gasteiger partial charge in [-0.05, 0) is 60.4 Å². The normalized spacial score (nSPS) is 15.4. The maximum absolute atomic E-state index is 13.5. The Bertz CT molecular complexity index is 1510. The number of carbonyl (C=O) groups excluding carboxylic acids is 1. The van der Waals surface area contributed by atoms with E-state index < -0.39 is 4.92 Å². The number of benzene rings is 2. The monoisotopic (exact) mass is 527 g/mol. The van der Waals surface area contributed by atoms with Crippen molar-refractivity contribution in [3.8, 4) is 11.3 Å². The van der Waals surface area contributed by atoms with Crippen molar-refractivity contribution in [2.45, 2.75) is 40.0 Å². The van der Waals surface area contributed by atoms with Gasteiger partial charge in [0.15, 0.2) is 0 Å². The summed E-state index contributed by atoms with van der Waals surface area (Å²) in [5, 5.41) is 14.8. The number of non-ortho nitro benzene ring substituents is 1. The van der Waals surface area contributed by atoms with Crippen molar-refractivity contribution in [1.29, 1.82) is 0 Å². The number of nitro benzene ring substituents is 1. The summed E-state index contributed by atoms with van der Waals surface area (Å²) in [5.41, 5.74) is 3.26. The molecule has 1 aliphatic carbocycles. The summed E-state index contributed by atoms with van der Waals surface area (Å²) >= 11 is 1.57. The second kappa shape index (κ2) is 10.4. The molecule has 5 rings (SSSR count). The Labute approximate surface area is 225 Å². The molecule has 1 amide bonds. The zero-order chi connectivity index (χ0) is 26.9. The molecule has 38 heavy (non-hydrogen) atoms. The molecule has 2 aromatic carbocycles. The number of nitro groups is 1. The summed E-state index contributed by atoms with van der Waals surface area (Å²) in [7, 11) is 0. The largest absolute Gasteiger partial charge is 0.455 e. The Hall–Kier alpha value is -4.04. The molecule has 1 aliphatic rings. The number of para-hydroxylation sites is 1. The van der Waals surface area contributed by atoms with Crippen LogP contribution in [0.15, 0.2) is 76.1 Å². The van der Waals surface area contributed by atoms with Crippen LogP contribution >= 0.6 is 11.3 Å². The number of hydrogen-bond donors (Lipinski definition) is 1. The topological polar surface area (TPSA) is 97.7 Å². The average Bonchev–Trinajstić information content (AvgIpc) is 3.52. The predicted octanol–water partition coefficient (Wildman–Crippen LogP) is 8.07. The average molecular weight is 528 g/mol. The zero-order valence-electron chi connectivity index (χ0n) is 21.6. The summed E-state index contributed by atoms with van der Waals surface area (Å²) in [4.78, 5) is 30.1. The highest BCUT2D eigenvalue weighted by atomic mass is 32.1. The molecule has 1 N–H and O–H groups in total. The van der Waals surface area contributed by atoms with Crippen molar-refractivity contribution < 1.29 is 14.1 Å². The van der Waals surface area contributed by atoms with Gasteiger partial charge in [0, 0.05) is 28.3 Å². The second-order valence-electron chi connectivity index (χ2n) is 10.6. The number of rotatable bonds is 6. The molecule has 194 valence electrons. The van der Waals surface area contributed by atoms with Gasteiger partial charge in [0.25, 0.3) is 11.6 Å². The molecule has 1 atom stereocenters. The molecule has 0 unspecified atom stereocenters. The maximum atomic E-state index is 13.5. The molecule has 7 nitrogen and oxygen atoms in total. The van der Waals surface area contributed by atoms with E-state index in [2.05, 4.69) is 26.1 Å². The van der Waals surface area contributed by atoms with E-state index in [0.717, 1.165) is 30.5 Å². The summed E-state index contributed by atoms with van der Waals surface area (Å²) < 4.78 is 5.92. The van der Waals surface area contributed by atoms with E-state index in [0.29, 0.717) is 33.6 Å². The number of aliphatic imine (C=N–C) groups is 1. The molecule has 0 saturated carbocycles. The quantitative estimate of drug-likeness (QED) is 0.156. The number of nitrogens with one attached hydrogen (secondary N) is 1. The third-order valence-electron chi connectivity index (χ3n) is 7.01. The van der Waals surface area contributed by atoms with E-state index in [4.69, 9.17) is 9.41 Å². The minimum atomic E-state index is -0.431. The first-order chi connectivity index (χ1) is 18.2. The molecule has 0 saturated heterocycles. The van der Waals surface area contributed by atoms with Gasteiger partial charge in [-0.1, -0.05) is 51.1 Å². The number of thiophene rings is 1. The van der Waals surface area contributed by atoms with Crippen LogP contribution in [0.3, 0.4) is 0 Å². The SMILES string of the molecule is CC(C)(C)[C@H]1CCc2c(sc(N=Cc3ccc(-c4cccc([N+](=O)[O-])c4)o3)c2C(=O)Nc2ccccc2)C1. The molecule has 0 spiro atoms. The third-order valence-corrected chi connectivity index (χ3v) is 8.17. The summed E-state index contributed by atoms with van der Waals surface area (Å²) in [6, 6.07) is 19.3. The van der Waals surface area contributed by atoms with Crippen LogP contribution in [0.1, 0.15) is 53.8 Å². The standard InChI is InChI=1S/C30H29N3O4S/c1-30(2,3)20-12-14-24-26(17-20)38-29(27(24)28(34)32-21-9-5-4-6-10-21)31-18-23-13-15-25(37-23)19-8-7-11-22(16-19)33(35)36/h4-11,13,15-16,18,20H,12,14,17H2,1-3H3,(H,32,34)/t20-/m0/s1. The first-order valence-electron chi connectivity index (χ1n) is 12.6. The Morgan fingerprint density at radius 1 is 1.13 bits per heavy atom. The molecular weight excluding hydrogens is 498 g/mol. The van der Waals surface area contributed by atoms with Crippen LogP contribution in [0.2, 0.25) is 0 Å². The second-order valence-corrected chi connectivity index (χ2v) is 11.7. The van der Waals surface area contributed by atoms with Crippen molar-refractivity contribution in [3.05, 3.63) is 98.6 Å². The number of amides is 1. The summed E-state index contributed by atoms with van der Waals surface area (Å²) in [6.45, 7) is 6.82. The highest BCUT2D eigenvalue weighted by Crippen LogP contribution is 2.45.